The van der Waals surface area contributed by atoms with E-state index in [9.17, 15) is 31.1 Å². The number of likely N-dealkylation sites (tertiary alicyclic amines) is 1. The van der Waals surface area contributed by atoms with Gasteiger partial charge in [-0.15, -0.1) is 0 Å². The van der Waals surface area contributed by atoms with Gasteiger partial charge in [0.05, 0.1) is 16.8 Å². The molecule has 5 rings (SSSR count). The molecule has 1 spiro atoms. The second-order valence-electron chi connectivity index (χ2n) is 10.4. The summed E-state index contributed by atoms with van der Waals surface area (Å²) in [7, 11) is 0. The van der Waals surface area contributed by atoms with Gasteiger partial charge in [-0.25, -0.2) is 9.78 Å². The van der Waals surface area contributed by atoms with Crippen LogP contribution >= 0.6 is 11.6 Å². The van der Waals surface area contributed by atoms with E-state index in [0.717, 1.165) is 24.4 Å². The monoisotopic (exact) mass is 609 g/mol. The van der Waals surface area contributed by atoms with Crippen molar-refractivity contribution in [3.8, 4) is 0 Å². The number of fused-ring (bicyclic) bond motifs is 2. The minimum atomic E-state index is -4.56. The average molecular weight is 610 g/mol. The highest BCUT2D eigenvalue weighted by molar-refractivity contribution is 6.29. The summed E-state index contributed by atoms with van der Waals surface area (Å²) in [5.41, 5.74) is -0.0853. The molecule has 2 aromatic heterocycles. The minimum Gasteiger partial charge on any atom is -0.334 e. The molecule has 0 saturated carbocycles. The molecule has 13 heteroatoms. The summed E-state index contributed by atoms with van der Waals surface area (Å²) in [6, 6.07) is 8.65. The summed E-state index contributed by atoms with van der Waals surface area (Å²) in [6.45, 7) is 2.14. The maximum Gasteiger partial charge on any atom is 0.417 e. The van der Waals surface area contributed by atoms with E-state index in [2.05, 4.69) is 20.2 Å². The van der Waals surface area contributed by atoms with E-state index in [1.165, 1.54) is 23.2 Å². The van der Waals surface area contributed by atoms with Gasteiger partial charge in [-0.05, 0) is 79.5 Å². The van der Waals surface area contributed by atoms with Crippen molar-refractivity contribution in [3.05, 3.63) is 94.0 Å². The number of nitrogens with one attached hydrogen (secondary N) is 1. The number of rotatable bonds is 5. The molecule has 0 atom stereocenters. The third-order valence-corrected chi connectivity index (χ3v) is 7.91. The first-order valence-electron chi connectivity index (χ1n) is 13.1. The fourth-order valence-corrected chi connectivity index (χ4v) is 5.64. The average Bonchev–Trinajstić information content (AvgIpc) is 3.25. The summed E-state index contributed by atoms with van der Waals surface area (Å²) in [6.07, 6.45) is -2.02. The number of hydrogen-bond donors (Lipinski definition) is 1. The molecule has 0 bridgehead atoms. The molecule has 1 aromatic carbocycles. The fourth-order valence-electron chi connectivity index (χ4n) is 5.44. The highest BCUT2D eigenvalue weighted by Crippen LogP contribution is 2.48. The zero-order valence-corrected chi connectivity index (χ0v) is 22.9. The van der Waals surface area contributed by atoms with Crippen LogP contribution in [0.15, 0.2) is 60.9 Å². The fraction of sp³-hybridized carbons (Fsp3) is 0.345. The van der Waals surface area contributed by atoms with Crippen LogP contribution in [0.25, 0.3) is 6.08 Å². The van der Waals surface area contributed by atoms with E-state index >= 15 is 0 Å². The number of alkyl halides is 6. The highest BCUT2D eigenvalue weighted by Gasteiger charge is 2.47. The smallest absolute Gasteiger partial charge is 0.334 e. The first-order valence-corrected chi connectivity index (χ1v) is 13.5. The largest absolute Gasteiger partial charge is 0.417 e. The van der Waals surface area contributed by atoms with Crippen molar-refractivity contribution in [1.82, 2.24) is 20.2 Å². The Labute approximate surface area is 243 Å². The van der Waals surface area contributed by atoms with Gasteiger partial charge in [0.1, 0.15) is 5.15 Å². The van der Waals surface area contributed by atoms with E-state index in [1.807, 2.05) is 6.08 Å². The molecule has 0 aliphatic carbocycles. The predicted molar refractivity (Wildman–Crippen MR) is 146 cm³/mol. The molecule has 3 aromatic rings. The normalized spacial score (nSPS) is 17.2. The number of pyridine rings is 2. The van der Waals surface area contributed by atoms with Crippen molar-refractivity contribution in [1.29, 1.82) is 0 Å². The van der Waals surface area contributed by atoms with Crippen LogP contribution in [0.5, 0.6) is 0 Å². The molecule has 1 saturated heterocycles. The molecule has 2 amide bonds. The van der Waals surface area contributed by atoms with Crippen LogP contribution in [-0.4, -0.2) is 47.1 Å². The van der Waals surface area contributed by atoms with Gasteiger partial charge in [0, 0.05) is 43.1 Å². The standard InChI is InChI=1S/C29H26ClF6N5O/c30-25-14-19(7-10-37-25)16-39-26(42)41-18-27(23-6-4-20(15-24(23)41)28(31,32)33)8-12-40(13-9-27)11-1-2-22-5-3-21(17-38-22)29(34,35)36/h1-7,10,14-15,17H,8-9,11-13,16,18H2,(H,39,42)/b2-1+. The molecule has 1 N–H and O–H groups in total. The van der Waals surface area contributed by atoms with Crippen LogP contribution in [0.3, 0.4) is 0 Å². The number of urea groups is 1. The Hall–Kier alpha value is -3.64. The summed E-state index contributed by atoms with van der Waals surface area (Å²) in [5, 5.41) is 3.05. The number of halogens is 7. The first kappa shape index (κ1) is 29.8. The molecule has 42 heavy (non-hydrogen) atoms. The lowest BCUT2D eigenvalue weighted by Crippen LogP contribution is -2.47. The Balaban J connectivity index is 1.27. The molecule has 0 radical (unpaired) electrons. The van der Waals surface area contributed by atoms with Crippen LogP contribution < -0.4 is 10.2 Å². The molecule has 222 valence electrons. The molecule has 0 unspecified atom stereocenters. The van der Waals surface area contributed by atoms with Gasteiger partial charge in [0.25, 0.3) is 0 Å². The number of hydrogen-bond acceptors (Lipinski definition) is 4. The lowest BCUT2D eigenvalue weighted by atomic mass is 9.74. The lowest BCUT2D eigenvalue weighted by Gasteiger charge is -2.39. The number of aromatic nitrogens is 2. The van der Waals surface area contributed by atoms with Crippen LogP contribution in [0.4, 0.5) is 36.8 Å². The molecule has 6 nitrogen and oxygen atoms in total. The molecule has 4 heterocycles. The summed E-state index contributed by atoms with van der Waals surface area (Å²) >= 11 is 5.92. The predicted octanol–water partition coefficient (Wildman–Crippen LogP) is 6.94. The van der Waals surface area contributed by atoms with Gasteiger partial charge < -0.3 is 5.32 Å². The van der Waals surface area contributed by atoms with Gasteiger partial charge >= 0.3 is 18.4 Å². The van der Waals surface area contributed by atoms with E-state index < -0.39 is 34.9 Å². The quantitative estimate of drug-likeness (QED) is 0.251. The van der Waals surface area contributed by atoms with Crippen molar-refractivity contribution in [2.75, 3.05) is 31.1 Å². The number of nitrogens with zero attached hydrogens (tertiary/aromatic N) is 4. The van der Waals surface area contributed by atoms with Crippen LogP contribution in [0.2, 0.25) is 5.15 Å². The van der Waals surface area contributed by atoms with Crippen LogP contribution in [0.1, 0.15) is 40.8 Å². The van der Waals surface area contributed by atoms with Crippen molar-refractivity contribution in [2.24, 2.45) is 0 Å². The zero-order chi connectivity index (χ0) is 30.1. The van der Waals surface area contributed by atoms with E-state index in [-0.39, 0.29) is 23.9 Å². The number of piperidine rings is 1. The number of anilines is 1. The van der Waals surface area contributed by atoms with Crippen molar-refractivity contribution in [2.45, 2.75) is 37.2 Å². The Morgan fingerprint density at radius 3 is 2.33 bits per heavy atom. The third kappa shape index (κ3) is 6.54. The molecule has 2 aliphatic rings. The van der Waals surface area contributed by atoms with Crippen molar-refractivity contribution >= 4 is 29.4 Å². The Morgan fingerprint density at radius 1 is 0.976 bits per heavy atom. The summed E-state index contributed by atoms with van der Waals surface area (Å²) in [5.74, 6) is 0. The number of benzene rings is 1. The minimum absolute atomic E-state index is 0.132. The lowest BCUT2D eigenvalue weighted by molar-refractivity contribution is -0.138. The topological polar surface area (TPSA) is 61.4 Å². The Bertz CT molecular complexity index is 1470. The first-order chi connectivity index (χ1) is 19.8. The Morgan fingerprint density at radius 2 is 1.69 bits per heavy atom. The number of carbonyl (C=O) groups is 1. The van der Waals surface area contributed by atoms with Crippen LogP contribution in [-0.2, 0) is 24.3 Å². The second kappa shape index (κ2) is 11.6. The van der Waals surface area contributed by atoms with Gasteiger partial charge in [0.15, 0.2) is 0 Å². The van der Waals surface area contributed by atoms with Crippen molar-refractivity contribution in [3.63, 3.8) is 0 Å². The number of carbonyl (C=O) groups excluding carboxylic acids is 1. The molecular weight excluding hydrogens is 584 g/mol. The van der Waals surface area contributed by atoms with Gasteiger partial charge in [-0.3, -0.25) is 14.8 Å². The van der Waals surface area contributed by atoms with Gasteiger partial charge in [-0.1, -0.05) is 23.7 Å². The zero-order valence-electron chi connectivity index (χ0n) is 22.1. The van der Waals surface area contributed by atoms with Crippen LogP contribution in [0, 0.1) is 0 Å². The molecule has 2 aliphatic heterocycles. The maximum absolute atomic E-state index is 13.6. The number of amides is 2. The Kier molecular flexibility index (Phi) is 8.21. The second-order valence-corrected chi connectivity index (χ2v) is 10.8. The van der Waals surface area contributed by atoms with Crippen molar-refractivity contribution < 1.29 is 31.1 Å². The molecule has 1 fully saturated rings. The summed E-state index contributed by atoms with van der Waals surface area (Å²) in [4.78, 5) is 24.5. The third-order valence-electron chi connectivity index (χ3n) is 7.71. The van der Waals surface area contributed by atoms with E-state index in [1.54, 1.807) is 18.2 Å². The highest BCUT2D eigenvalue weighted by atomic mass is 35.5. The van der Waals surface area contributed by atoms with Gasteiger partial charge in [-0.2, -0.15) is 26.3 Å². The summed E-state index contributed by atoms with van der Waals surface area (Å²) < 4.78 is 79.0. The van der Waals surface area contributed by atoms with E-state index in [0.29, 0.717) is 49.3 Å². The SMILES string of the molecule is O=C(NCc1ccnc(Cl)c1)N1CC2(CCN(C/C=C/c3ccc(C(F)(F)F)cn3)CC2)c2ccc(C(F)(F)F)cc21. The maximum atomic E-state index is 13.6. The van der Waals surface area contributed by atoms with Gasteiger partial charge in [0.2, 0.25) is 0 Å². The van der Waals surface area contributed by atoms with E-state index in [4.69, 9.17) is 11.6 Å². The molecular formula is C29H26ClF6N5O.